The molecule has 3 aromatic rings. The number of aliphatic hydroxyl groups is 1. The summed E-state index contributed by atoms with van der Waals surface area (Å²) < 4.78 is 0.849. The summed E-state index contributed by atoms with van der Waals surface area (Å²) in [6.07, 6.45) is 3.31. The average molecular weight is 379 g/mol. The van der Waals surface area contributed by atoms with Crippen molar-refractivity contribution >= 4 is 16.9 Å². The molecule has 0 bridgehead atoms. The highest BCUT2D eigenvalue weighted by Crippen LogP contribution is 2.24. The van der Waals surface area contributed by atoms with Crippen LogP contribution >= 0.6 is 0 Å². The number of piperidine rings is 1. The zero-order valence-electron chi connectivity index (χ0n) is 15.5. The Hall–Kier alpha value is -2.90. The predicted molar refractivity (Wildman–Crippen MR) is 107 cm³/mol. The highest BCUT2D eigenvalue weighted by atomic mass is 16.3. The number of aliphatic hydroxyl groups excluding tert-OH is 1. The summed E-state index contributed by atoms with van der Waals surface area (Å²) in [5.41, 5.74) is 7.88. The number of carbonyl (C=O) groups excluding carboxylic acids is 1. The van der Waals surface area contributed by atoms with E-state index in [1.54, 1.807) is 6.07 Å². The summed E-state index contributed by atoms with van der Waals surface area (Å²) in [5, 5.41) is 10.3. The minimum absolute atomic E-state index is 0.278. The maximum atomic E-state index is 12.5. The van der Waals surface area contributed by atoms with Crippen LogP contribution in [0.1, 0.15) is 18.4 Å². The fourth-order valence-electron chi connectivity index (χ4n) is 3.81. The highest BCUT2D eigenvalue weighted by molar-refractivity contribution is 5.86. The van der Waals surface area contributed by atoms with E-state index in [2.05, 4.69) is 28.1 Å². The topological polar surface area (TPSA) is 104 Å². The van der Waals surface area contributed by atoms with Gasteiger partial charge in [-0.2, -0.15) is 0 Å². The van der Waals surface area contributed by atoms with Crippen LogP contribution in [0, 0.1) is 12.0 Å². The Bertz CT molecular complexity index is 1060. The number of nitrogens with two attached hydrogens (primary N) is 1. The van der Waals surface area contributed by atoms with Crippen LogP contribution < -0.4 is 11.3 Å². The molecule has 2 aromatic heterocycles. The molecule has 0 spiro atoms. The molecule has 4 rings (SSSR count). The summed E-state index contributed by atoms with van der Waals surface area (Å²) in [6, 6.07) is 11.6. The Morgan fingerprint density at radius 2 is 2.07 bits per heavy atom. The molecule has 7 nitrogen and oxygen atoms in total. The van der Waals surface area contributed by atoms with E-state index in [9.17, 15) is 14.7 Å². The molecule has 0 saturated carbocycles. The molecule has 1 fully saturated rings. The SMILES string of the molecule is NC(=O)n1c[c]cc(-c2cc3cc(CN4CCC(CO)CC4)ccc3[nH]2)c1=O. The van der Waals surface area contributed by atoms with Crippen LogP contribution in [0.3, 0.4) is 0 Å². The second kappa shape index (κ2) is 7.61. The third kappa shape index (κ3) is 3.58. The van der Waals surface area contributed by atoms with E-state index in [0.29, 0.717) is 17.2 Å². The molecule has 1 radical (unpaired) electrons. The predicted octanol–water partition coefficient (Wildman–Crippen LogP) is 1.93. The van der Waals surface area contributed by atoms with E-state index in [1.165, 1.54) is 11.8 Å². The van der Waals surface area contributed by atoms with Gasteiger partial charge in [0.05, 0.1) is 11.3 Å². The molecular weight excluding hydrogens is 356 g/mol. The lowest BCUT2D eigenvalue weighted by atomic mass is 9.97. The number of nitrogens with zero attached hydrogens (tertiary/aromatic N) is 2. The number of nitrogens with one attached hydrogen (secondary N) is 1. The lowest BCUT2D eigenvalue weighted by Gasteiger charge is -2.31. The largest absolute Gasteiger partial charge is 0.396 e. The molecule has 0 unspecified atom stereocenters. The number of pyridine rings is 1. The lowest BCUT2D eigenvalue weighted by Crippen LogP contribution is -2.34. The van der Waals surface area contributed by atoms with Crippen molar-refractivity contribution in [1.82, 2.24) is 14.5 Å². The molecule has 3 heterocycles. The summed E-state index contributed by atoms with van der Waals surface area (Å²) in [5.74, 6) is 0.429. The maximum absolute atomic E-state index is 12.5. The molecule has 28 heavy (non-hydrogen) atoms. The Kier molecular flexibility index (Phi) is 5.02. The zero-order chi connectivity index (χ0) is 19.7. The van der Waals surface area contributed by atoms with Gasteiger partial charge in [0.2, 0.25) is 0 Å². The van der Waals surface area contributed by atoms with Crippen molar-refractivity contribution < 1.29 is 9.90 Å². The van der Waals surface area contributed by atoms with Crippen LogP contribution in [-0.4, -0.2) is 45.3 Å². The summed E-state index contributed by atoms with van der Waals surface area (Å²) in [7, 11) is 0. The van der Waals surface area contributed by atoms with Crippen molar-refractivity contribution in [2.45, 2.75) is 19.4 Å². The van der Waals surface area contributed by atoms with Gasteiger partial charge < -0.3 is 15.8 Å². The van der Waals surface area contributed by atoms with Crippen molar-refractivity contribution in [3.05, 3.63) is 58.5 Å². The average Bonchev–Trinajstić information content (AvgIpc) is 3.11. The van der Waals surface area contributed by atoms with Gasteiger partial charge >= 0.3 is 6.03 Å². The Balaban J connectivity index is 1.58. The van der Waals surface area contributed by atoms with Crippen LogP contribution in [0.15, 0.2) is 41.3 Å². The van der Waals surface area contributed by atoms with E-state index >= 15 is 0 Å². The van der Waals surface area contributed by atoms with Gasteiger partial charge in [-0.05, 0) is 61.7 Å². The normalized spacial score (nSPS) is 15.9. The Labute approximate surface area is 162 Å². The van der Waals surface area contributed by atoms with Crippen molar-refractivity contribution in [2.75, 3.05) is 19.7 Å². The molecule has 1 aliphatic rings. The van der Waals surface area contributed by atoms with Gasteiger partial charge in [-0.25, -0.2) is 9.36 Å². The summed E-state index contributed by atoms with van der Waals surface area (Å²) in [6.45, 7) is 3.13. The second-order valence-electron chi connectivity index (χ2n) is 7.37. The molecule has 4 N–H and O–H groups in total. The van der Waals surface area contributed by atoms with Gasteiger partial charge in [0.15, 0.2) is 0 Å². The van der Waals surface area contributed by atoms with Crippen LogP contribution in [0.4, 0.5) is 4.79 Å². The Morgan fingerprint density at radius 3 is 2.79 bits per heavy atom. The first kappa shape index (κ1) is 18.5. The van der Waals surface area contributed by atoms with E-state index in [-0.39, 0.29) is 6.61 Å². The quantitative estimate of drug-likeness (QED) is 0.644. The minimum atomic E-state index is -0.827. The lowest BCUT2D eigenvalue weighted by molar-refractivity contribution is 0.127. The van der Waals surface area contributed by atoms with Crippen molar-refractivity contribution in [3.8, 4) is 11.3 Å². The van der Waals surface area contributed by atoms with Crippen molar-refractivity contribution in [2.24, 2.45) is 11.7 Å². The minimum Gasteiger partial charge on any atom is -0.396 e. The molecule has 0 atom stereocenters. The third-order valence-electron chi connectivity index (χ3n) is 5.46. The molecule has 0 aliphatic carbocycles. The molecule has 1 amide bonds. The standard InChI is InChI=1S/C21H23N4O3/c22-21(28)25-7-1-2-17(20(25)27)19-11-16-10-15(3-4-18(16)23-19)12-24-8-5-14(13-26)6-9-24/h2-4,7,10-11,14,23,26H,5-6,8-9,12-13H2,(H2,22,28). The fourth-order valence-corrected chi connectivity index (χ4v) is 3.81. The van der Waals surface area contributed by atoms with Crippen LogP contribution in [0.25, 0.3) is 22.2 Å². The number of carbonyl (C=O) groups is 1. The number of hydrogen-bond acceptors (Lipinski definition) is 4. The van der Waals surface area contributed by atoms with E-state index in [1.807, 2.05) is 12.1 Å². The highest BCUT2D eigenvalue weighted by Gasteiger charge is 2.18. The fraction of sp³-hybridized carbons (Fsp3) is 0.333. The molecule has 145 valence electrons. The smallest absolute Gasteiger partial charge is 0.325 e. The van der Waals surface area contributed by atoms with Gasteiger partial charge in [-0.1, -0.05) is 6.07 Å². The first-order valence-corrected chi connectivity index (χ1v) is 9.43. The van der Waals surface area contributed by atoms with Crippen LogP contribution in [-0.2, 0) is 6.54 Å². The number of rotatable bonds is 4. The number of amides is 1. The van der Waals surface area contributed by atoms with Crippen molar-refractivity contribution in [1.29, 1.82) is 0 Å². The molecule has 1 aromatic carbocycles. The van der Waals surface area contributed by atoms with Gasteiger partial charge in [0, 0.05) is 36.3 Å². The zero-order valence-corrected chi connectivity index (χ0v) is 15.5. The monoisotopic (exact) mass is 379 g/mol. The molecule has 7 heteroatoms. The number of primary amides is 1. The molecule has 1 saturated heterocycles. The number of aromatic amines is 1. The molecular formula is C21H23N4O3. The molecule has 1 aliphatic heterocycles. The summed E-state index contributed by atoms with van der Waals surface area (Å²) in [4.78, 5) is 29.5. The number of benzene rings is 1. The number of aromatic nitrogens is 2. The number of likely N-dealkylation sites (tertiary alicyclic amines) is 1. The van der Waals surface area contributed by atoms with Gasteiger partial charge in [0.1, 0.15) is 0 Å². The van der Waals surface area contributed by atoms with Crippen LogP contribution in [0.2, 0.25) is 0 Å². The van der Waals surface area contributed by atoms with E-state index in [4.69, 9.17) is 5.73 Å². The number of H-pyrrole nitrogens is 1. The van der Waals surface area contributed by atoms with Crippen LogP contribution in [0.5, 0.6) is 0 Å². The number of hydrogen-bond donors (Lipinski definition) is 3. The second-order valence-corrected chi connectivity index (χ2v) is 7.37. The summed E-state index contributed by atoms with van der Waals surface area (Å²) >= 11 is 0. The van der Waals surface area contributed by atoms with E-state index < -0.39 is 11.6 Å². The van der Waals surface area contributed by atoms with Gasteiger partial charge in [-0.15, -0.1) is 0 Å². The van der Waals surface area contributed by atoms with Crippen molar-refractivity contribution in [3.63, 3.8) is 0 Å². The van der Waals surface area contributed by atoms with Gasteiger partial charge in [-0.3, -0.25) is 9.69 Å². The van der Waals surface area contributed by atoms with E-state index in [0.717, 1.165) is 47.9 Å². The first-order valence-electron chi connectivity index (χ1n) is 9.43. The first-order chi connectivity index (χ1) is 13.5. The third-order valence-corrected chi connectivity index (χ3v) is 5.46. The number of fused-ring (bicyclic) bond motifs is 1. The Morgan fingerprint density at radius 1 is 1.29 bits per heavy atom. The van der Waals surface area contributed by atoms with Gasteiger partial charge in [0.25, 0.3) is 5.56 Å². The maximum Gasteiger partial charge on any atom is 0.325 e.